The summed E-state index contributed by atoms with van der Waals surface area (Å²) in [6.07, 6.45) is 5.00. The Morgan fingerprint density at radius 3 is 2.75 bits per heavy atom. The molecule has 4 heteroatoms. The summed E-state index contributed by atoms with van der Waals surface area (Å²) in [7, 11) is 0. The van der Waals surface area contributed by atoms with Gasteiger partial charge in [0.05, 0.1) is 19.2 Å². The molecule has 1 fully saturated rings. The summed E-state index contributed by atoms with van der Waals surface area (Å²) in [5.74, 6) is 0.925. The van der Waals surface area contributed by atoms with Gasteiger partial charge >= 0.3 is 0 Å². The standard InChI is InChI=1S/C12H15BrN2O/c13-12-6-5-11(16-12)9-15(8-7-14)10-3-1-2-4-10/h5-6,10H,1-4,8-9H2. The lowest BCUT2D eigenvalue weighted by Crippen LogP contribution is -2.32. The molecule has 3 nitrogen and oxygen atoms in total. The maximum absolute atomic E-state index is 8.85. The number of halogens is 1. The fourth-order valence-corrected chi connectivity index (χ4v) is 2.65. The van der Waals surface area contributed by atoms with Crippen molar-refractivity contribution in [3.63, 3.8) is 0 Å². The molecule has 1 aromatic rings. The van der Waals surface area contributed by atoms with Crippen molar-refractivity contribution in [2.24, 2.45) is 0 Å². The summed E-state index contributed by atoms with van der Waals surface area (Å²) in [4.78, 5) is 2.22. The fraction of sp³-hybridized carbons (Fsp3) is 0.583. The Kier molecular flexibility index (Phi) is 4.03. The molecular weight excluding hydrogens is 268 g/mol. The summed E-state index contributed by atoms with van der Waals surface area (Å²) < 4.78 is 6.24. The molecule has 0 amide bonds. The van der Waals surface area contributed by atoms with Gasteiger partial charge in [0.25, 0.3) is 0 Å². The first-order chi connectivity index (χ1) is 7.79. The van der Waals surface area contributed by atoms with Gasteiger partial charge in [-0.3, -0.25) is 4.90 Å². The summed E-state index contributed by atoms with van der Waals surface area (Å²) in [6.45, 7) is 1.23. The van der Waals surface area contributed by atoms with Crippen LogP contribution in [0.25, 0.3) is 0 Å². The molecule has 86 valence electrons. The first kappa shape index (κ1) is 11.7. The van der Waals surface area contributed by atoms with Crippen LogP contribution in [0, 0.1) is 11.3 Å². The van der Waals surface area contributed by atoms with Gasteiger partial charge < -0.3 is 4.42 Å². The van der Waals surface area contributed by atoms with E-state index in [1.807, 2.05) is 12.1 Å². The third-order valence-electron chi connectivity index (χ3n) is 3.10. The van der Waals surface area contributed by atoms with Gasteiger partial charge in [0, 0.05) is 6.04 Å². The molecule has 0 atom stereocenters. The van der Waals surface area contributed by atoms with E-state index in [0.29, 0.717) is 12.6 Å². The molecular formula is C12H15BrN2O. The van der Waals surface area contributed by atoms with Crippen molar-refractivity contribution in [3.05, 3.63) is 22.6 Å². The maximum Gasteiger partial charge on any atom is 0.169 e. The molecule has 0 bridgehead atoms. The Bertz CT molecular complexity index is 377. The zero-order valence-corrected chi connectivity index (χ0v) is 10.7. The van der Waals surface area contributed by atoms with Gasteiger partial charge in [0.2, 0.25) is 0 Å². The van der Waals surface area contributed by atoms with Crippen molar-refractivity contribution >= 4 is 15.9 Å². The highest BCUT2D eigenvalue weighted by Crippen LogP contribution is 2.25. The quantitative estimate of drug-likeness (QED) is 0.796. The number of hydrogen-bond donors (Lipinski definition) is 0. The van der Waals surface area contributed by atoms with Gasteiger partial charge in [0.15, 0.2) is 4.67 Å². The van der Waals surface area contributed by atoms with E-state index in [9.17, 15) is 0 Å². The van der Waals surface area contributed by atoms with Crippen LogP contribution in [0.2, 0.25) is 0 Å². The second kappa shape index (κ2) is 5.51. The van der Waals surface area contributed by atoms with Gasteiger partial charge in [0.1, 0.15) is 5.76 Å². The van der Waals surface area contributed by atoms with Crippen molar-refractivity contribution < 1.29 is 4.42 Å². The second-order valence-corrected chi connectivity index (χ2v) is 4.99. The zero-order chi connectivity index (χ0) is 11.4. The van der Waals surface area contributed by atoms with Crippen LogP contribution < -0.4 is 0 Å². The van der Waals surface area contributed by atoms with E-state index in [4.69, 9.17) is 9.68 Å². The first-order valence-electron chi connectivity index (χ1n) is 5.65. The molecule has 0 aromatic carbocycles. The molecule has 1 aliphatic carbocycles. The highest BCUT2D eigenvalue weighted by molar-refractivity contribution is 9.10. The van der Waals surface area contributed by atoms with Crippen LogP contribution >= 0.6 is 15.9 Å². The van der Waals surface area contributed by atoms with Crippen molar-refractivity contribution in [2.75, 3.05) is 6.54 Å². The summed E-state index contributed by atoms with van der Waals surface area (Å²) in [6, 6.07) is 6.66. The molecule has 0 saturated heterocycles. The lowest BCUT2D eigenvalue weighted by atomic mass is 10.2. The SMILES string of the molecule is N#CCN(Cc1ccc(Br)o1)C1CCCC1. The summed E-state index contributed by atoms with van der Waals surface area (Å²) in [5, 5.41) is 8.85. The Labute approximate surface area is 104 Å². The van der Waals surface area contributed by atoms with E-state index in [0.717, 1.165) is 17.0 Å². The molecule has 0 radical (unpaired) electrons. The molecule has 1 aromatic heterocycles. The molecule has 0 N–H and O–H groups in total. The smallest absolute Gasteiger partial charge is 0.169 e. The van der Waals surface area contributed by atoms with E-state index >= 15 is 0 Å². The van der Waals surface area contributed by atoms with Crippen LogP contribution in [0.3, 0.4) is 0 Å². The van der Waals surface area contributed by atoms with Gasteiger partial charge in [-0.25, -0.2) is 0 Å². The summed E-state index contributed by atoms with van der Waals surface area (Å²) >= 11 is 3.29. The van der Waals surface area contributed by atoms with E-state index in [1.54, 1.807) is 0 Å². The molecule has 0 spiro atoms. The lowest BCUT2D eigenvalue weighted by Gasteiger charge is -2.24. The largest absolute Gasteiger partial charge is 0.453 e. The van der Waals surface area contributed by atoms with Gasteiger partial charge in [-0.15, -0.1) is 0 Å². The van der Waals surface area contributed by atoms with Gasteiger partial charge in [-0.1, -0.05) is 12.8 Å². The molecule has 0 unspecified atom stereocenters. The maximum atomic E-state index is 8.85. The number of nitrogens with zero attached hydrogens (tertiary/aromatic N) is 2. The minimum Gasteiger partial charge on any atom is -0.453 e. The fourth-order valence-electron chi connectivity index (χ4n) is 2.31. The normalized spacial score (nSPS) is 16.8. The molecule has 2 rings (SSSR count). The van der Waals surface area contributed by atoms with Crippen LogP contribution in [0.1, 0.15) is 31.4 Å². The second-order valence-electron chi connectivity index (χ2n) is 4.21. The van der Waals surface area contributed by atoms with Crippen molar-refractivity contribution in [1.29, 1.82) is 5.26 Å². The van der Waals surface area contributed by atoms with Crippen LogP contribution in [0.5, 0.6) is 0 Å². The molecule has 0 aliphatic heterocycles. The Hall–Kier alpha value is -0.790. The third kappa shape index (κ3) is 2.87. The van der Waals surface area contributed by atoms with E-state index < -0.39 is 0 Å². The lowest BCUT2D eigenvalue weighted by molar-refractivity contribution is 0.197. The number of nitriles is 1. The molecule has 16 heavy (non-hydrogen) atoms. The predicted molar refractivity (Wildman–Crippen MR) is 64.7 cm³/mol. The van der Waals surface area contributed by atoms with Crippen LogP contribution in [0.15, 0.2) is 21.2 Å². The highest BCUT2D eigenvalue weighted by atomic mass is 79.9. The van der Waals surface area contributed by atoms with Gasteiger partial charge in [-0.05, 0) is 40.9 Å². The van der Waals surface area contributed by atoms with Crippen LogP contribution in [0.4, 0.5) is 0 Å². The molecule has 1 heterocycles. The van der Waals surface area contributed by atoms with Crippen molar-refractivity contribution in [1.82, 2.24) is 4.90 Å². The minimum absolute atomic E-state index is 0.489. The van der Waals surface area contributed by atoms with Crippen molar-refractivity contribution in [3.8, 4) is 6.07 Å². The molecule has 1 saturated carbocycles. The summed E-state index contributed by atoms with van der Waals surface area (Å²) in [5.41, 5.74) is 0. The van der Waals surface area contributed by atoms with Crippen LogP contribution in [-0.4, -0.2) is 17.5 Å². The van der Waals surface area contributed by atoms with Crippen LogP contribution in [-0.2, 0) is 6.54 Å². The molecule has 1 aliphatic rings. The average molecular weight is 283 g/mol. The Balaban J connectivity index is 1.99. The number of hydrogen-bond acceptors (Lipinski definition) is 3. The average Bonchev–Trinajstić information content (AvgIpc) is 2.88. The number of furan rings is 1. The minimum atomic E-state index is 0.489. The first-order valence-corrected chi connectivity index (χ1v) is 6.44. The third-order valence-corrected chi connectivity index (χ3v) is 3.53. The Morgan fingerprint density at radius 2 is 2.19 bits per heavy atom. The van der Waals surface area contributed by atoms with E-state index in [2.05, 4.69) is 26.9 Å². The number of rotatable bonds is 4. The monoisotopic (exact) mass is 282 g/mol. The van der Waals surface area contributed by atoms with E-state index in [-0.39, 0.29) is 0 Å². The topological polar surface area (TPSA) is 40.2 Å². The van der Waals surface area contributed by atoms with Gasteiger partial charge in [-0.2, -0.15) is 5.26 Å². The predicted octanol–water partition coefficient (Wildman–Crippen LogP) is 3.31. The van der Waals surface area contributed by atoms with Crippen molar-refractivity contribution in [2.45, 2.75) is 38.3 Å². The van der Waals surface area contributed by atoms with E-state index in [1.165, 1.54) is 25.7 Å². The zero-order valence-electron chi connectivity index (χ0n) is 9.16. The highest BCUT2D eigenvalue weighted by Gasteiger charge is 2.23. The Morgan fingerprint density at radius 1 is 1.44 bits per heavy atom.